The Bertz CT molecular complexity index is 1050. The van der Waals surface area contributed by atoms with Crippen molar-refractivity contribution < 1.29 is 4.79 Å². The predicted octanol–water partition coefficient (Wildman–Crippen LogP) is 1.77. The molecule has 26 heavy (non-hydrogen) atoms. The van der Waals surface area contributed by atoms with Gasteiger partial charge in [0.2, 0.25) is 5.91 Å². The van der Waals surface area contributed by atoms with E-state index in [2.05, 4.69) is 21.5 Å². The molecule has 0 aliphatic carbocycles. The number of benzene rings is 1. The van der Waals surface area contributed by atoms with E-state index in [-0.39, 0.29) is 18.0 Å². The monoisotopic (exact) mass is 368 g/mol. The molecule has 0 fully saturated rings. The molecule has 0 bridgehead atoms. The second kappa shape index (κ2) is 7.84. The van der Waals surface area contributed by atoms with Gasteiger partial charge in [-0.15, -0.1) is 11.8 Å². The third kappa shape index (κ3) is 3.75. The Balaban J connectivity index is 1.75. The van der Waals surface area contributed by atoms with E-state index in [1.807, 2.05) is 18.2 Å². The van der Waals surface area contributed by atoms with Gasteiger partial charge >= 0.3 is 0 Å². The zero-order valence-electron chi connectivity index (χ0n) is 14.0. The smallest absolute Gasteiger partial charge is 0.264 e. The van der Waals surface area contributed by atoms with Crippen molar-refractivity contribution in [3.05, 3.63) is 47.1 Å². The van der Waals surface area contributed by atoms with Crippen LogP contribution in [0.4, 0.5) is 5.69 Å². The fourth-order valence-corrected chi connectivity index (χ4v) is 3.29. The number of anilines is 1. The van der Waals surface area contributed by atoms with Crippen molar-refractivity contribution in [1.82, 2.24) is 19.3 Å². The quantitative estimate of drug-likeness (QED) is 0.525. The van der Waals surface area contributed by atoms with E-state index in [9.17, 15) is 9.59 Å². The van der Waals surface area contributed by atoms with Gasteiger partial charge in [-0.2, -0.15) is 10.4 Å². The van der Waals surface area contributed by atoms with Gasteiger partial charge in [0.1, 0.15) is 18.3 Å². The predicted molar refractivity (Wildman–Crippen MR) is 98.8 cm³/mol. The lowest BCUT2D eigenvalue weighted by Crippen LogP contribution is -2.28. The molecule has 1 N–H and O–H groups in total. The summed E-state index contributed by atoms with van der Waals surface area (Å²) < 4.78 is 2.76. The Kier molecular flexibility index (Phi) is 5.34. The second-order valence-corrected chi connectivity index (χ2v) is 6.62. The van der Waals surface area contributed by atoms with Crippen LogP contribution in [-0.4, -0.2) is 31.0 Å². The summed E-state index contributed by atoms with van der Waals surface area (Å²) >= 11 is 1.50. The summed E-state index contributed by atoms with van der Waals surface area (Å²) in [4.78, 5) is 29.9. The molecule has 2 aromatic heterocycles. The first-order valence-electron chi connectivity index (χ1n) is 7.86. The minimum atomic E-state index is -0.328. The van der Waals surface area contributed by atoms with E-state index in [0.717, 1.165) is 4.90 Å². The number of hydrogen-bond acceptors (Lipinski definition) is 6. The van der Waals surface area contributed by atoms with E-state index < -0.39 is 0 Å². The SMILES string of the molecule is Cn1ncc2c(=O)n(CC(=O)Nc3ccccc3SCCC#N)cnc21. The average Bonchev–Trinajstić information content (AvgIpc) is 3.01. The molecule has 8 nitrogen and oxygen atoms in total. The van der Waals surface area contributed by atoms with Gasteiger partial charge in [0.25, 0.3) is 5.56 Å². The Hall–Kier alpha value is -3.12. The number of carbonyl (C=O) groups is 1. The summed E-state index contributed by atoms with van der Waals surface area (Å²) in [6.45, 7) is -0.145. The second-order valence-electron chi connectivity index (χ2n) is 5.48. The van der Waals surface area contributed by atoms with Crippen molar-refractivity contribution >= 4 is 34.4 Å². The van der Waals surface area contributed by atoms with E-state index in [0.29, 0.717) is 28.9 Å². The highest BCUT2D eigenvalue weighted by Gasteiger charge is 2.12. The van der Waals surface area contributed by atoms with Gasteiger partial charge in [-0.3, -0.25) is 18.8 Å². The molecule has 0 saturated carbocycles. The highest BCUT2D eigenvalue weighted by molar-refractivity contribution is 7.99. The van der Waals surface area contributed by atoms with Crippen molar-refractivity contribution in [2.75, 3.05) is 11.1 Å². The number of para-hydroxylation sites is 1. The topological polar surface area (TPSA) is 106 Å². The molecule has 1 aromatic carbocycles. The minimum absolute atomic E-state index is 0.145. The molecule has 3 aromatic rings. The van der Waals surface area contributed by atoms with Crippen LogP contribution in [0.5, 0.6) is 0 Å². The van der Waals surface area contributed by atoms with Crippen molar-refractivity contribution in [3.8, 4) is 6.07 Å². The number of nitrogens with zero attached hydrogens (tertiary/aromatic N) is 5. The molecular formula is C17H16N6O2S. The molecule has 9 heteroatoms. The number of thioether (sulfide) groups is 1. The number of aromatic nitrogens is 4. The Labute approximate surface area is 153 Å². The Morgan fingerprint density at radius 3 is 3.00 bits per heavy atom. The standard InChI is InChI=1S/C17H16N6O2S/c1-22-16-12(9-20-22)17(25)23(11-19-16)10-15(24)21-13-5-2-3-6-14(13)26-8-4-7-18/h2-3,5-6,9,11H,4,8,10H2,1H3,(H,21,24). The van der Waals surface area contributed by atoms with Gasteiger partial charge in [-0.05, 0) is 12.1 Å². The molecule has 0 saturated heterocycles. The molecule has 3 rings (SSSR count). The molecule has 132 valence electrons. The van der Waals surface area contributed by atoms with Crippen LogP contribution in [0.2, 0.25) is 0 Å². The summed E-state index contributed by atoms with van der Waals surface area (Å²) in [5.41, 5.74) is 0.824. The largest absolute Gasteiger partial charge is 0.324 e. The summed E-state index contributed by atoms with van der Waals surface area (Å²) in [6.07, 6.45) is 3.22. The summed E-state index contributed by atoms with van der Waals surface area (Å²) in [6, 6.07) is 9.45. The fraction of sp³-hybridized carbons (Fsp3) is 0.235. The molecule has 0 unspecified atom stereocenters. The number of hydrogen-bond donors (Lipinski definition) is 1. The molecule has 1 amide bonds. The molecular weight excluding hydrogens is 352 g/mol. The number of nitrogens with one attached hydrogen (secondary N) is 1. The van der Waals surface area contributed by atoms with E-state index in [1.54, 1.807) is 13.1 Å². The van der Waals surface area contributed by atoms with Gasteiger partial charge in [0.15, 0.2) is 5.65 Å². The molecule has 0 radical (unpaired) electrons. The molecule has 0 aliphatic rings. The number of rotatable bonds is 6. The zero-order chi connectivity index (χ0) is 18.5. The highest BCUT2D eigenvalue weighted by Crippen LogP contribution is 2.27. The molecule has 0 atom stereocenters. The number of nitriles is 1. The van der Waals surface area contributed by atoms with Crippen LogP contribution < -0.4 is 10.9 Å². The van der Waals surface area contributed by atoms with Gasteiger partial charge in [0.05, 0.1) is 18.0 Å². The third-order valence-corrected chi connectivity index (χ3v) is 4.74. The number of amides is 1. The van der Waals surface area contributed by atoms with Crippen LogP contribution >= 0.6 is 11.8 Å². The maximum absolute atomic E-state index is 12.4. The lowest BCUT2D eigenvalue weighted by atomic mass is 10.3. The average molecular weight is 368 g/mol. The van der Waals surface area contributed by atoms with Gasteiger partial charge in [-0.1, -0.05) is 12.1 Å². The lowest BCUT2D eigenvalue weighted by Gasteiger charge is -2.11. The van der Waals surface area contributed by atoms with Crippen LogP contribution in [-0.2, 0) is 18.4 Å². The van der Waals surface area contributed by atoms with Crippen LogP contribution in [0.3, 0.4) is 0 Å². The van der Waals surface area contributed by atoms with Gasteiger partial charge < -0.3 is 5.32 Å². The molecule has 0 aliphatic heterocycles. The fourth-order valence-electron chi connectivity index (χ4n) is 2.43. The first-order valence-corrected chi connectivity index (χ1v) is 8.84. The summed E-state index contributed by atoms with van der Waals surface area (Å²) in [5.74, 6) is 0.315. The number of carbonyl (C=O) groups excluding carboxylic acids is 1. The lowest BCUT2D eigenvalue weighted by molar-refractivity contribution is -0.116. The maximum atomic E-state index is 12.4. The Morgan fingerprint density at radius 2 is 2.19 bits per heavy atom. The van der Waals surface area contributed by atoms with Crippen molar-refractivity contribution in [3.63, 3.8) is 0 Å². The normalized spacial score (nSPS) is 10.6. The van der Waals surface area contributed by atoms with E-state index >= 15 is 0 Å². The van der Waals surface area contributed by atoms with Gasteiger partial charge in [-0.25, -0.2) is 4.98 Å². The number of fused-ring (bicyclic) bond motifs is 1. The molecule has 2 heterocycles. The van der Waals surface area contributed by atoms with E-state index in [4.69, 9.17) is 5.26 Å². The van der Waals surface area contributed by atoms with E-state index in [1.165, 1.54) is 33.5 Å². The Morgan fingerprint density at radius 1 is 1.38 bits per heavy atom. The van der Waals surface area contributed by atoms with Gasteiger partial charge in [0, 0.05) is 24.1 Å². The van der Waals surface area contributed by atoms with Crippen molar-refractivity contribution in [1.29, 1.82) is 5.26 Å². The first-order chi connectivity index (χ1) is 12.6. The highest BCUT2D eigenvalue weighted by atomic mass is 32.2. The summed E-state index contributed by atoms with van der Waals surface area (Å²) in [5, 5.41) is 15.8. The number of aryl methyl sites for hydroxylation is 1. The van der Waals surface area contributed by atoms with Crippen molar-refractivity contribution in [2.24, 2.45) is 7.05 Å². The summed E-state index contributed by atoms with van der Waals surface area (Å²) in [7, 11) is 1.70. The maximum Gasteiger partial charge on any atom is 0.264 e. The van der Waals surface area contributed by atoms with Crippen LogP contribution in [0.25, 0.3) is 11.0 Å². The molecule has 0 spiro atoms. The van der Waals surface area contributed by atoms with Crippen LogP contribution in [0.15, 0.2) is 46.5 Å². The van der Waals surface area contributed by atoms with Crippen molar-refractivity contribution in [2.45, 2.75) is 17.9 Å². The first kappa shape index (κ1) is 17.7. The zero-order valence-corrected chi connectivity index (χ0v) is 14.9. The van der Waals surface area contributed by atoms with Crippen LogP contribution in [0.1, 0.15) is 6.42 Å². The minimum Gasteiger partial charge on any atom is -0.324 e. The third-order valence-electron chi connectivity index (χ3n) is 3.66. The van der Waals surface area contributed by atoms with Crippen LogP contribution in [0, 0.1) is 11.3 Å².